The Labute approximate surface area is 140 Å². The highest BCUT2D eigenvalue weighted by atomic mass is 32.2. The normalized spacial score (nSPS) is 30.4. The number of aromatic nitrogens is 4. The van der Waals surface area contributed by atoms with Crippen molar-refractivity contribution in [3.8, 4) is 0 Å². The van der Waals surface area contributed by atoms with Crippen LogP contribution in [-0.2, 0) is 0 Å². The fraction of sp³-hybridized carbons (Fsp3) is 0.562. The summed E-state index contributed by atoms with van der Waals surface area (Å²) in [7, 11) is 0. The number of hydrogen-bond acceptors (Lipinski definition) is 6. The van der Waals surface area contributed by atoms with E-state index in [1.807, 2.05) is 35.6 Å². The maximum atomic E-state index is 10.5. The highest BCUT2D eigenvalue weighted by molar-refractivity contribution is 7.98. The van der Waals surface area contributed by atoms with E-state index in [9.17, 15) is 5.11 Å². The molecular formula is C16H21N5OS. The molecule has 1 saturated carbocycles. The Bertz CT molecular complexity index is 664. The number of thioether (sulfide) groups is 1. The number of nitrogens with zero attached hydrogens (tertiary/aromatic N) is 5. The summed E-state index contributed by atoms with van der Waals surface area (Å²) in [5.41, 5.74) is 0. The van der Waals surface area contributed by atoms with Crippen LogP contribution < -0.4 is 4.90 Å². The molecule has 0 unspecified atom stereocenters. The minimum absolute atomic E-state index is 0.136. The van der Waals surface area contributed by atoms with E-state index >= 15 is 0 Å². The predicted octanol–water partition coefficient (Wildman–Crippen LogP) is 1.84. The van der Waals surface area contributed by atoms with Crippen LogP contribution in [0.5, 0.6) is 0 Å². The van der Waals surface area contributed by atoms with Crippen LogP contribution >= 0.6 is 11.8 Å². The molecule has 23 heavy (non-hydrogen) atoms. The third-order valence-corrected chi connectivity index (χ3v) is 5.77. The molecule has 1 N–H and O–H groups in total. The van der Waals surface area contributed by atoms with Gasteiger partial charge in [-0.2, -0.15) is 0 Å². The molecule has 6 nitrogen and oxygen atoms in total. The number of aliphatic hydroxyl groups excluding tert-OH is 1. The highest BCUT2D eigenvalue weighted by Crippen LogP contribution is 2.42. The van der Waals surface area contributed by atoms with Crippen LogP contribution in [-0.4, -0.2) is 50.1 Å². The number of anilines is 1. The zero-order valence-corrected chi connectivity index (χ0v) is 13.9. The van der Waals surface area contributed by atoms with E-state index < -0.39 is 0 Å². The molecule has 2 aromatic heterocycles. The maximum Gasteiger partial charge on any atom is 0.226 e. The van der Waals surface area contributed by atoms with Crippen molar-refractivity contribution in [2.75, 3.05) is 24.2 Å². The molecule has 4 rings (SSSR count). The Balaban J connectivity index is 1.51. The van der Waals surface area contributed by atoms with Gasteiger partial charge in [0.2, 0.25) is 5.95 Å². The fourth-order valence-electron chi connectivity index (χ4n) is 3.96. The lowest BCUT2D eigenvalue weighted by molar-refractivity contribution is 0.0358. The standard InChI is InChI=1S/C16H21N5OS/c1-23-15-2-3-18-16(19-15)21-8-11-6-13(20-5-4-17-10-20)14(22)7-12(11)9-21/h2-5,10-14,22H,6-9H2,1H3/t11-,12+,13-,14-/m1/s1. The molecule has 2 aromatic rings. The number of rotatable bonds is 3. The van der Waals surface area contributed by atoms with Gasteiger partial charge in [0.1, 0.15) is 5.03 Å². The van der Waals surface area contributed by atoms with Crippen molar-refractivity contribution >= 4 is 17.7 Å². The lowest BCUT2D eigenvalue weighted by Gasteiger charge is -2.35. The Kier molecular flexibility index (Phi) is 3.98. The lowest BCUT2D eigenvalue weighted by Crippen LogP contribution is -2.35. The van der Waals surface area contributed by atoms with Gasteiger partial charge in [0.15, 0.2) is 0 Å². The summed E-state index contributed by atoms with van der Waals surface area (Å²) in [5.74, 6) is 1.92. The van der Waals surface area contributed by atoms with E-state index in [0.29, 0.717) is 11.8 Å². The molecule has 4 atom stereocenters. The summed E-state index contributed by atoms with van der Waals surface area (Å²) >= 11 is 1.64. The van der Waals surface area contributed by atoms with E-state index in [2.05, 4.69) is 19.9 Å². The van der Waals surface area contributed by atoms with E-state index in [0.717, 1.165) is 36.9 Å². The Morgan fingerprint density at radius 3 is 2.78 bits per heavy atom. The number of fused-ring (bicyclic) bond motifs is 1. The molecule has 0 spiro atoms. The lowest BCUT2D eigenvalue weighted by atomic mass is 9.77. The highest BCUT2D eigenvalue weighted by Gasteiger charge is 2.42. The first-order valence-electron chi connectivity index (χ1n) is 8.02. The number of hydrogen-bond donors (Lipinski definition) is 1. The Morgan fingerprint density at radius 1 is 1.22 bits per heavy atom. The van der Waals surface area contributed by atoms with Gasteiger partial charge in [-0.25, -0.2) is 15.0 Å². The molecule has 1 saturated heterocycles. The molecule has 1 aliphatic carbocycles. The Hall–Kier alpha value is -1.60. The van der Waals surface area contributed by atoms with Gasteiger partial charge >= 0.3 is 0 Å². The first-order valence-corrected chi connectivity index (χ1v) is 9.24. The van der Waals surface area contributed by atoms with Crippen LogP contribution in [0, 0.1) is 11.8 Å². The van der Waals surface area contributed by atoms with Crippen LogP contribution in [0.4, 0.5) is 5.95 Å². The van der Waals surface area contributed by atoms with Crippen molar-refractivity contribution in [2.24, 2.45) is 11.8 Å². The van der Waals surface area contributed by atoms with E-state index in [1.54, 1.807) is 18.0 Å². The fourth-order valence-corrected chi connectivity index (χ4v) is 4.32. The molecule has 1 aliphatic heterocycles. The summed E-state index contributed by atoms with van der Waals surface area (Å²) in [6, 6.07) is 2.08. The van der Waals surface area contributed by atoms with Crippen molar-refractivity contribution in [1.82, 2.24) is 19.5 Å². The third-order valence-electron chi connectivity index (χ3n) is 5.13. The zero-order valence-electron chi connectivity index (χ0n) is 13.1. The van der Waals surface area contributed by atoms with Crippen LogP contribution in [0.2, 0.25) is 0 Å². The van der Waals surface area contributed by atoms with Crippen LogP contribution in [0.15, 0.2) is 36.0 Å². The van der Waals surface area contributed by atoms with E-state index in [-0.39, 0.29) is 12.1 Å². The smallest absolute Gasteiger partial charge is 0.226 e. The molecule has 7 heteroatoms. The molecule has 0 amide bonds. The second kappa shape index (κ2) is 6.13. The maximum absolute atomic E-state index is 10.5. The summed E-state index contributed by atoms with van der Waals surface area (Å²) < 4.78 is 2.05. The summed E-state index contributed by atoms with van der Waals surface area (Å²) in [6.45, 7) is 1.91. The summed E-state index contributed by atoms with van der Waals surface area (Å²) in [4.78, 5) is 15.5. The van der Waals surface area contributed by atoms with E-state index in [1.165, 1.54) is 0 Å². The van der Waals surface area contributed by atoms with Gasteiger partial charge in [0, 0.05) is 31.7 Å². The van der Waals surface area contributed by atoms with Crippen molar-refractivity contribution < 1.29 is 5.11 Å². The van der Waals surface area contributed by atoms with Gasteiger partial charge in [-0.3, -0.25) is 0 Å². The minimum Gasteiger partial charge on any atom is -0.391 e. The molecule has 2 fully saturated rings. The second-order valence-corrected chi connectivity index (χ2v) is 7.27. The van der Waals surface area contributed by atoms with Gasteiger partial charge < -0.3 is 14.6 Å². The van der Waals surface area contributed by atoms with Gasteiger partial charge in [-0.1, -0.05) is 0 Å². The first-order chi connectivity index (χ1) is 11.2. The first kappa shape index (κ1) is 15.0. The topological polar surface area (TPSA) is 67.1 Å². The molecule has 0 bridgehead atoms. The summed E-state index contributed by atoms with van der Waals surface area (Å²) in [6.07, 6.45) is 10.9. The van der Waals surface area contributed by atoms with Crippen molar-refractivity contribution in [3.63, 3.8) is 0 Å². The minimum atomic E-state index is -0.302. The van der Waals surface area contributed by atoms with Gasteiger partial charge in [-0.15, -0.1) is 11.8 Å². The molecule has 0 radical (unpaired) electrons. The van der Waals surface area contributed by atoms with Gasteiger partial charge in [0.05, 0.1) is 18.5 Å². The van der Waals surface area contributed by atoms with Gasteiger partial charge in [0.25, 0.3) is 0 Å². The molecular weight excluding hydrogens is 310 g/mol. The summed E-state index contributed by atoms with van der Waals surface area (Å²) in [5, 5.41) is 11.5. The van der Waals surface area contributed by atoms with Crippen LogP contribution in [0.1, 0.15) is 18.9 Å². The predicted molar refractivity (Wildman–Crippen MR) is 89.5 cm³/mol. The second-order valence-electron chi connectivity index (χ2n) is 6.44. The Morgan fingerprint density at radius 2 is 2.04 bits per heavy atom. The molecule has 3 heterocycles. The zero-order chi connectivity index (χ0) is 15.8. The molecule has 122 valence electrons. The van der Waals surface area contributed by atoms with Gasteiger partial charge in [-0.05, 0) is 37.0 Å². The van der Waals surface area contributed by atoms with Crippen molar-refractivity contribution in [3.05, 3.63) is 31.0 Å². The number of imidazole rings is 1. The third kappa shape index (κ3) is 2.83. The molecule has 0 aromatic carbocycles. The van der Waals surface area contributed by atoms with Crippen molar-refractivity contribution in [2.45, 2.75) is 30.0 Å². The molecule has 2 aliphatic rings. The number of aliphatic hydroxyl groups is 1. The largest absolute Gasteiger partial charge is 0.391 e. The SMILES string of the molecule is CSc1ccnc(N2C[C@H]3C[C@@H](n4ccnc4)[C@H](O)C[C@H]3C2)n1. The van der Waals surface area contributed by atoms with Crippen LogP contribution in [0.25, 0.3) is 0 Å². The quantitative estimate of drug-likeness (QED) is 0.684. The van der Waals surface area contributed by atoms with Crippen LogP contribution in [0.3, 0.4) is 0 Å². The average molecular weight is 331 g/mol. The average Bonchev–Trinajstić information content (AvgIpc) is 3.23. The van der Waals surface area contributed by atoms with E-state index in [4.69, 9.17) is 0 Å². The monoisotopic (exact) mass is 331 g/mol. The van der Waals surface area contributed by atoms with Crippen molar-refractivity contribution in [1.29, 1.82) is 0 Å².